The van der Waals surface area contributed by atoms with Crippen molar-refractivity contribution >= 4 is 5.97 Å². The van der Waals surface area contributed by atoms with Crippen molar-refractivity contribution in [2.45, 2.75) is 38.3 Å². The molecule has 2 aliphatic rings. The molecule has 0 N–H and O–H groups in total. The van der Waals surface area contributed by atoms with E-state index in [0.29, 0.717) is 31.8 Å². The molecule has 0 heterocycles. The lowest BCUT2D eigenvalue weighted by Crippen LogP contribution is -2.28. The molecule has 4 atom stereocenters. The molecule has 164 valence electrons. The van der Waals surface area contributed by atoms with Gasteiger partial charge in [-0.3, -0.25) is 0 Å². The molecule has 0 unspecified atom stereocenters. The highest BCUT2D eigenvalue weighted by molar-refractivity contribution is 5.89. The predicted molar refractivity (Wildman–Crippen MR) is 122 cm³/mol. The van der Waals surface area contributed by atoms with Gasteiger partial charge >= 0.3 is 5.97 Å². The summed E-state index contributed by atoms with van der Waals surface area (Å²) in [6.45, 7) is 1.75. The topological polar surface area (TPSA) is 44.8 Å². The largest absolute Gasteiger partial charge is 0.458 e. The van der Waals surface area contributed by atoms with E-state index in [0.717, 1.165) is 17.5 Å². The second-order valence-corrected chi connectivity index (χ2v) is 8.85. The van der Waals surface area contributed by atoms with Gasteiger partial charge in [-0.05, 0) is 29.7 Å². The standard InChI is InChI=1S/C28H28O4/c29-27(23-14-8-3-9-15-23)32-25-16-26(31-19-22-12-6-2-7-13-22)28(17-24(25)28)20-30-18-21-10-4-1-5-11-21/h1-15,24-26H,16-20H2/t24-,25-,26+,28+/m1/s1. The van der Waals surface area contributed by atoms with Crippen molar-refractivity contribution in [2.75, 3.05) is 6.61 Å². The van der Waals surface area contributed by atoms with Gasteiger partial charge in [-0.15, -0.1) is 0 Å². The van der Waals surface area contributed by atoms with Gasteiger partial charge < -0.3 is 14.2 Å². The van der Waals surface area contributed by atoms with E-state index in [1.165, 1.54) is 0 Å². The Morgan fingerprint density at radius 2 is 1.41 bits per heavy atom. The van der Waals surface area contributed by atoms with Crippen LogP contribution < -0.4 is 0 Å². The van der Waals surface area contributed by atoms with Crippen molar-refractivity contribution in [3.63, 3.8) is 0 Å². The van der Waals surface area contributed by atoms with Gasteiger partial charge in [-0.25, -0.2) is 4.79 Å². The Morgan fingerprint density at radius 1 is 0.812 bits per heavy atom. The third-order valence-electron chi connectivity index (χ3n) is 6.76. The molecule has 4 heteroatoms. The molecule has 3 aromatic rings. The Kier molecular flexibility index (Phi) is 6.06. The first kappa shape index (κ1) is 20.9. The molecule has 32 heavy (non-hydrogen) atoms. The predicted octanol–water partition coefficient (Wildman–Crippen LogP) is 5.42. The van der Waals surface area contributed by atoms with Crippen molar-refractivity contribution in [3.05, 3.63) is 108 Å². The number of ether oxygens (including phenoxy) is 3. The second-order valence-electron chi connectivity index (χ2n) is 8.85. The average molecular weight is 429 g/mol. The Balaban J connectivity index is 1.25. The molecule has 2 fully saturated rings. The van der Waals surface area contributed by atoms with Gasteiger partial charge in [0.05, 0.1) is 31.5 Å². The van der Waals surface area contributed by atoms with E-state index in [1.807, 2.05) is 54.6 Å². The van der Waals surface area contributed by atoms with Gasteiger partial charge in [0, 0.05) is 17.8 Å². The molecule has 3 aromatic carbocycles. The molecule has 0 amide bonds. The molecular formula is C28H28O4. The summed E-state index contributed by atoms with van der Waals surface area (Å²) in [6.07, 6.45) is 1.56. The number of hydrogen-bond donors (Lipinski definition) is 0. The van der Waals surface area contributed by atoms with Crippen LogP contribution >= 0.6 is 0 Å². The van der Waals surface area contributed by atoms with Gasteiger partial charge in [0.25, 0.3) is 0 Å². The normalized spacial score (nSPS) is 25.8. The molecule has 4 nitrogen and oxygen atoms in total. The number of fused-ring (bicyclic) bond motifs is 1. The minimum Gasteiger partial charge on any atom is -0.458 e. The maximum absolute atomic E-state index is 12.7. The van der Waals surface area contributed by atoms with Crippen molar-refractivity contribution in [3.8, 4) is 0 Å². The summed E-state index contributed by atoms with van der Waals surface area (Å²) in [5.74, 6) is 0.0250. The third kappa shape index (κ3) is 4.47. The first-order valence-electron chi connectivity index (χ1n) is 11.3. The highest BCUT2D eigenvalue weighted by atomic mass is 16.6. The zero-order valence-electron chi connectivity index (χ0n) is 18.1. The van der Waals surface area contributed by atoms with Crippen LogP contribution in [0.2, 0.25) is 0 Å². The fourth-order valence-corrected chi connectivity index (χ4v) is 4.94. The number of carbonyl (C=O) groups is 1. The van der Waals surface area contributed by atoms with E-state index < -0.39 is 0 Å². The van der Waals surface area contributed by atoms with E-state index in [-0.39, 0.29) is 29.5 Å². The Bertz CT molecular complexity index is 1020. The third-order valence-corrected chi connectivity index (χ3v) is 6.76. The first-order chi connectivity index (χ1) is 15.7. The van der Waals surface area contributed by atoms with Crippen molar-refractivity contribution in [1.82, 2.24) is 0 Å². The lowest BCUT2D eigenvalue weighted by molar-refractivity contribution is -0.0429. The maximum atomic E-state index is 12.7. The Morgan fingerprint density at radius 3 is 2.06 bits per heavy atom. The van der Waals surface area contributed by atoms with Crippen LogP contribution in [0, 0.1) is 11.3 Å². The van der Waals surface area contributed by atoms with Gasteiger partial charge in [-0.2, -0.15) is 0 Å². The number of hydrogen-bond acceptors (Lipinski definition) is 4. The number of rotatable bonds is 9. The fraction of sp³-hybridized carbons (Fsp3) is 0.321. The Labute approximate surface area is 189 Å². The summed E-state index contributed by atoms with van der Waals surface area (Å²) in [7, 11) is 0. The first-order valence-corrected chi connectivity index (χ1v) is 11.3. The smallest absolute Gasteiger partial charge is 0.338 e. The van der Waals surface area contributed by atoms with Crippen LogP contribution in [0.15, 0.2) is 91.0 Å². The zero-order valence-corrected chi connectivity index (χ0v) is 18.1. The van der Waals surface area contributed by atoms with E-state index in [9.17, 15) is 4.79 Å². The molecule has 5 rings (SSSR count). The second kappa shape index (κ2) is 9.27. The summed E-state index contributed by atoms with van der Waals surface area (Å²) in [6, 6.07) is 29.6. The van der Waals surface area contributed by atoms with E-state index in [4.69, 9.17) is 14.2 Å². The number of carbonyl (C=O) groups excluding carboxylic acids is 1. The van der Waals surface area contributed by atoms with Gasteiger partial charge in [0.1, 0.15) is 6.10 Å². The van der Waals surface area contributed by atoms with E-state index in [1.54, 1.807) is 12.1 Å². The van der Waals surface area contributed by atoms with Gasteiger partial charge in [0.2, 0.25) is 0 Å². The average Bonchev–Trinajstić information content (AvgIpc) is 3.51. The highest BCUT2D eigenvalue weighted by Gasteiger charge is 2.69. The van der Waals surface area contributed by atoms with Gasteiger partial charge in [-0.1, -0.05) is 78.9 Å². The summed E-state index contributed by atoms with van der Waals surface area (Å²) >= 11 is 0. The minimum atomic E-state index is -0.259. The molecule has 2 saturated carbocycles. The zero-order chi connectivity index (χ0) is 21.8. The summed E-state index contributed by atoms with van der Waals surface area (Å²) in [5, 5.41) is 0. The molecule has 0 bridgehead atoms. The van der Waals surface area contributed by atoms with Crippen LogP contribution in [-0.2, 0) is 27.4 Å². The number of benzene rings is 3. The van der Waals surface area contributed by atoms with Crippen LogP contribution in [0.5, 0.6) is 0 Å². The van der Waals surface area contributed by atoms with E-state index >= 15 is 0 Å². The lowest BCUT2D eigenvalue weighted by atomic mass is 10.0. The van der Waals surface area contributed by atoms with Crippen LogP contribution in [-0.4, -0.2) is 24.8 Å². The van der Waals surface area contributed by atoms with Crippen molar-refractivity contribution in [1.29, 1.82) is 0 Å². The van der Waals surface area contributed by atoms with Crippen LogP contribution in [0.1, 0.15) is 34.3 Å². The summed E-state index contributed by atoms with van der Waals surface area (Å²) in [5.41, 5.74) is 2.82. The molecular weight excluding hydrogens is 400 g/mol. The monoisotopic (exact) mass is 428 g/mol. The SMILES string of the molecule is O=C(O[C@@H]1C[C@H](OCc2ccccc2)[C@]2(COCc3ccccc3)C[C@H]12)c1ccccc1. The molecule has 0 radical (unpaired) electrons. The van der Waals surface area contributed by atoms with Crippen molar-refractivity contribution < 1.29 is 19.0 Å². The summed E-state index contributed by atoms with van der Waals surface area (Å²) < 4.78 is 18.5. The number of esters is 1. The molecule has 0 saturated heterocycles. The van der Waals surface area contributed by atoms with E-state index in [2.05, 4.69) is 24.3 Å². The molecule has 0 aromatic heterocycles. The fourth-order valence-electron chi connectivity index (χ4n) is 4.94. The Hall–Kier alpha value is -2.95. The van der Waals surface area contributed by atoms with Crippen LogP contribution in [0.4, 0.5) is 0 Å². The molecule has 0 aliphatic heterocycles. The van der Waals surface area contributed by atoms with Gasteiger partial charge in [0.15, 0.2) is 0 Å². The highest BCUT2D eigenvalue weighted by Crippen LogP contribution is 2.65. The minimum absolute atomic E-state index is 0.0112. The summed E-state index contributed by atoms with van der Waals surface area (Å²) in [4.78, 5) is 12.7. The molecule has 2 aliphatic carbocycles. The quantitative estimate of drug-likeness (QED) is 0.427. The lowest BCUT2D eigenvalue weighted by Gasteiger charge is -2.24. The maximum Gasteiger partial charge on any atom is 0.338 e. The molecule has 0 spiro atoms. The van der Waals surface area contributed by atoms with Crippen molar-refractivity contribution in [2.24, 2.45) is 11.3 Å². The van der Waals surface area contributed by atoms with Crippen LogP contribution in [0.25, 0.3) is 0 Å². The van der Waals surface area contributed by atoms with Crippen LogP contribution in [0.3, 0.4) is 0 Å².